The summed E-state index contributed by atoms with van der Waals surface area (Å²) >= 11 is 0. The largest absolute Gasteiger partial charge is 2.00 e. The van der Waals surface area contributed by atoms with Crippen LogP contribution < -0.4 is 0 Å². The summed E-state index contributed by atoms with van der Waals surface area (Å²) in [5.74, 6) is 0. The fourth-order valence-corrected chi connectivity index (χ4v) is 0. The van der Waals surface area contributed by atoms with Gasteiger partial charge in [-0.25, -0.2) is 0 Å². The standard InChI is InChI=1S/Be.Ca.2O/q2*+2;2*-2. The van der Waals surface area contributed by atoms with Gasteiger partial charge in [0.2, 0.25) is 0 Å². The molecule has 0 atom stereocenters. The summed E-state index contributed by atoms with van der Waals surface area (Å²) in [6, 6.07) is 0. The summed E-state index contributed by atoms with van der Waals surface area (Å²) in [4.78, 5) is 0. The first-order valence-electron chi connectivity index (χ1n) is 0. The topological polar surface area (TPSA) is 57.0 Å². The first kappa shape index (κ1) is 55.6. The summed E-state index contributed by atoms with van der Waals surface area (Å²) in [5, 5.41) is 0. The fraction of sp³-hybridized carbons (Fsp3) is 0. The third-order valence-electron chi connectivity index (χ3n) is 0. The summed E-state index contributed by atoms with van der Waals surface area (Å²) in [5.41, 5.74) is 0. The van der Waals surface area contributed by atoms with Crippen LogP contribution in [0.1, 0.15) is 0 Å². The molecule has 0 rings (SSSR count). The van der Waals surface area contributed by atoms with E-state index in [9.17, 15) is 0 Å². The van der Waals surface area contributed by atoms with Crippen molar-refractivity contribution in [2.75, 3.05) is 0 Å². The molecule has 4 heteroatoms. The maximum atomic E-state index is 0. The van der Waals surface area contributed by atoms with Gasteiger partial charge in [0.15, 0.2) is 0 Å². The Balaban J connectivity index is 0. The smallest absolute Gasteiger partial charge is 2.00 e. The quantitative estimate of drug-likeness (QED) is 0.336. The molecule has 0 unspecified atom stereocenters. The van der Waals surface area contributed by atoms with Crippen LogP contribution in [0.2, 0.25) is 0 Å². The Bertz CT molecular complexity index is 6.00. The molecule has 0 bridgehead atoms. The van der Waals surface area contributed by atoms with Crippen LogP contribution in [0.5, 0.6) is 0 Å². The van der Waals surface area contributed by atoms with Crippen LogP contribution in [0, 0.1) is 0 Å². The third-order valence-corrected chi connectivity index (χ3v) is 0. The van der Waals surface area contributed by atoms with E-state index in [-0.39, 0.29) is 58.8 Å². The van der Waals surface area contributed by atoms with Gasteiger partial charge in [-0.2, -0.15) is 0 Å². The maximum Gasteiger partial charge on any atom is 2.00 e. The molecule has 0 aliphatic carbocycles. The van der Waals surface area contributed by atoms with Crippen molar-refractivity contribution in [3.63, 3.8) is 0 Å². The van der Waals surface area contributed by atoms with Gasteiger partial charge in [0.25, 0.3) is 0 Å². The molecule has 0 spiro atoms. The van der Waals surface area contributed by atoms with Crippen molar-refractivity contribution in [1.82, 2.24) is 0 Å². The van der Waals surface area contributed by atoms with Gasteiger partial charge >= 0.3 is 47.9 Å². The van der Waals surface area contributed by atoms with Crippen molar-refractivity contribution in [3.8, 4) is 0 Å². The van der Waals surface area contributed by atoms with E-state index in [1.165, 1.54) is 0 Å². The van der Waals surface area contributed by atoms with Gasteiger partial charge < -0.3 is 11.0 Å². The van der Waals surface area contributed by atoms with Crippen molar-refractivity contribution in [1.29, 1.82) is 0 Å². The average molecular weight is 81.1 g/mol. The minimum atomic E-state index is 0. The second-order valence-corrected chi connectivity index (χ2v) is 0. The summed E-state index contributed by atoms with van der Waals surface area (Å²) in [6.45, 7) is 0. The zero-order valence-corrected chi connectivity index (χ0v) is 4.44. The van der Waals surface area contributed by atoms with E-state index < -0.39 is 0 Å². The summed E-state index contributed by atoms with van der Waals surface area (Å²) < 4.78 is 0. The zero-order chi connectivity index (χ0) is 0. The molecule has 0 aromatic heterocycles. The van der Waals surface area contributed by atoms with Gasteiger partial charge in [-0.15, -0.1) is 0 Å². The van der Waals surface area contributed by atoms with E-state index in [0.717, 1.165) is 0 Å². The summed E-state index contributed by atoms with van der Waals surface area (Å²) in [7, 11) is 0. The molecule has 0 amide bonds. The Kier molecular flexibility index (Phi) is 373. The molecule has 0 saturated heterocycles. The monoisotopic (exact) mass is 81.0 g/mol. The van der Waals surface area contributed by atoms with Crippen molar-refractivity contribution in [2.24, 2.45) is 0 Å². The number of rotatable bonds is 0. The molecule has 0 aliphatic heterocycles. The Hall–Kier alpha value is 1.35. The van der Waals surface area contributed by atoms with Crippen molar-refractivity contribution < 1.29 is 11.0 Å². The Labute approximate surface area is 58.4 Å². The SMILES string of the molecule is [Be+2].[Ca+2].[O-2].[O-2]. The van der Waals surface area contributed by atoms with Crippen LogP contribution in [0.15, 0.2) is 0 Å². The molecule has 0 heterocycles. The first-order chi connectivity index (χ1) is 0. The van der Waals surface area contributed by atoms with Gasteiger partial charge in [0.05, 0.1) is 0 Å². The van der Waals surface area contributed by atoms with E-state index in [0.29, 0.717) is 0 Å². The van der Waals surface area contributed by atoms with Crippen LogP contribution in [-0.4, -0.2) is 47.9 Å². The number of hydrogen-bond donors (Lipinski definition) is 0. The molecular formula is BeCaO2. The van der Waals surface area contributed by atoms with Gasteiger partial charge in [-0.05, 0) is 0 Å². The van der Waals surface area contributed by atoms with Crippen LogP contribution in [0.25, 0.3) is 0 Å². The second kappa shape index (κ2) is 26.8. The second-order valence-electron chi connectivity index (χ2n) is 0. The molecule has 2 nitrogen and oxygen atoms in total. The maximum absolute atomic E-state index is 0. The predicted octanol–water partition coefficient (Wildman–Crippen LogP) is -0.999. The molecule has 0 aromatic rings. The third kappa shape index (κ3) is 10.2. The molecular weight excluding hydrogens is 81.1 g/mol. The van der Waals surface area contributed by atoms with Crippen molar-refractivity contribution in [3.05, 3.63) is 0 Å². The van der Waals surface area contributed by atoms with E-state index >= 15 is 0 Å². The van der Waals surface area contributed by atoms with Crippen LogP contribution in [0.4, 0.5) is 0 Å². The normalized spacial score (nSPS) is 0. The van der Waals surface area contributed by atoms with Crippen molar-refractivity contribution >= 4 is 47.9 Å². The van der Waals surface area contributed by atoms with Crippen LogP contribution >= 0.6 is 0 Å². The van der Waals surface area contributed by atoms with Crippen molar-refractivity contribution in [2.45, 2.75) is 0 Å². The molecule has 0 aromatic carbocycles. The minimum absolute atomic E-state index is 0. The first-order valence-corrected chi connectivity index (χ1v) is 0. The minimum Gasteiger partial charge on any atom is -2.00 e. The number of hydrogen-bond acceptors (Lipinski definition) is 0. The predicted molar refractivity (Wildman–Crippen MR) is 12.9 cm³/mol. The molecule has 16 valence electrons. The van der Waals surface area contributed by atoms with E-state index in [4.69, 9.17) is 0 Å². The summed E-state index contributed by atoms with van der Waals surface area (Å²) in [6.07, 6.45) is 0. The van der Waals surface area contributed by atoms with Gasteiger partial charge in [-0.1, -0.05) is 0 Å². The molecule has 0 fully saturated rings. The molecule has 0 aliphatic rings. The molecule has 4 heavy (non-hydrogen) atoms. The van der Waals surface area contributed by atoms with Crippen LogP contribution in [0.3, 0.4) is 0 Å². The van der Waals surface area contributed by atoms with E-state index in [2.05, 4.69) is 0 Å². The fourth-order valence-electron chi connectivity index (χ4n) is 0. The van der Waals surface area contributed by atoms with Gasteiger partial charge in [-0.3, -0.25) is 0 Å². The Morgan fingerprint density at radius 2 is 0.750 bits per heavy atom. The molecule has 0 N–H and O–H groups in total. The molecule has 0 radical (unpaired) electrons. The van der Waals surface area contributed by atoms with Gasteiger partial charge in [0.1, 0.15) is 0 Å². The Morgan fingerprint density at radius 1 is 0.750 bits per heavy atom. The average Bonchev–Trinajstić information content (AvgIpc) is 0. The molecule has 0 saturated carbocycles. The zero-order valence-electron chi connectivity index (χ0n) is 2.23. The Morgan fingerprint density at radius 3 is 0.750 bits per heavy atom. The van der Waals surface area contributed by atoms with Crippen LogP contribution in [-0.2, 0) is 11.0 Å². The van der Waals surface area contributed by atoms with E-state index in [1.807, 2.05) is 0 Å². The van der Waals surface area contributed by atoms with Gasteiger partial charge in [0, 0.05) is 0 Å². The van der Waals surface area contributed by atoms with E-state index in [1.54, 1.807) is 0 Å².